The van der Waals surface area contributed by atoms with Gasteiger partial charge in [0.25, 0.3) is 11.8 Å². The highest BCUT2D eigenvalue weighted by Crippen LogP contribution is 2.16. The summed E-state index contributed by atoms with van der Waals surface area (Å²) < 4.78 is 11.2. The molecule has 8 heteroatoms. The van der Waals surface area contributed by atoms with Gasteiger partial charge in [-0.05, 0) is 61.4 Å². The molecule has 1 unspecified atom stereocenters. The number of hydrazine groups is 1. The summed E-state index contributed by atoms with van der Waals surface area (Å²) in [4.78, 5) is 36.2. The van der Waals surface area contributed by atoms with Crippen LogP contribution in [-0.2, 0) is 9.53 Å². The zero-order valence-electron chi connectivity index (χ0n) is 17.6. The van der Waals surface area contributed by atoms with Crippen molar-refractivity contribution in [2.24, 2.45) is 5.92 Å². The van der Waals surface area contributed by atoms with Crippen molar-refractivity contribution in [1.82, 2.24) is 10.9 Å². The molecule has 0 aliphatic carbocycles. The molecule has 0 saturated carbocycles. The van der Waals surface area contributed by atoms with Crippen LogP contribution in [0.25, 0.3) is 0 Å². The third-order valence-corrected chi connectivity index (χ3v) is 4.80. The second-order valence-corrected chi connectivity index (χ2v) is 7.60. The number of benzene rings is 2. The molecule has 1 heterocycles. The molecule has 1 aliphatic rings. The Kier molecular flexibility index (Phi) is 7.61. The number of amides is 3. The average Bonchev–Trinajstić information content (AvgIpc) is 3.30. The van der Waals surface area contributed by atoms with Gasteiger partial charge in [0.2, 0.25) is 5.91 Å². The minimum Gasteiger partial charge on any atom is -0.491 e. The standard InChI is InChI=1S/C23H27N3O5/c1-15(2)21(27)24-18-9-5-16(6-10-18)22(28)25-26-23(29)17-7-11-19(12-8-17)31-14-20-4-3-13-30-20/h5-12,15,20H,3-4,13-14H2,1-2H3,(H,24,27)(H,25,28)(H,26,29). The Morgan fingerprint density at radius 2 is 1.55 bits per heavy atom. The molecule has 0 radical (unpaired) electrons. The van der Waals surface area contributed by atoms with E-state index in [4.69, 9.17) is 9.47 Å². The molecular formula is C23H27N3O5. The third kappa shape index (κ3) is 6.55. The second-order valence-electron chi connectivity index (χ2n) is 7.60. The molecule has 164 valence electrons. The highest BCUT2D eigenvalue weighted by atomic mass is 16.5. The minimum absolute atomic E-state index is 0.104. The Hall–Kier alpha value is -3.39. The SMILES string of the molecule is CC(C)C(=O)Nc1ccc(C(=O)NNC(=O)c2ccc(OCC3CCCO3)cc2)cc1. The molecule has 2 aromatic carbocycles. The Bertz CT molecular complexity index is 904. The average molecular weight is 425 g/mol. The predicted octanol–water partition coefficient (Wildman–Crippen LogP) is 2.91. The van der Waals surface area contributed by atoms with Gasteiger partial charge in [0.05, 0.1) is 6.10 Å². The lowest BCUT2D eigenvalue weighted by Crippen LogP contribution is -2.41. The van der Waals surface area contributed by atoms with Gasteiger partial charge in [0.1, 0.15) is 12.4 Å². The van der Waals surface area contributed by atoms with Crippen LogP contribution < -0.4 is 20.9 Å². The van der Waals surface area contributed by atoms with E-state index in [1.165, 1.54) is 0 Å². The first-order valence-electron chi connectivity index (χ1n) is 10.3. The summed E-state index contributed by atoms with van der Waals surface area (Å²) >= 11 is 0. The minimum atomic E-state index is -0.466. The predicted molar refractivity (Wildman–Crippen MR) is 116 cm³/mol. The van der Waals surface area contributed by atoms with Gasteiger partial charge >= 0.3 is 0 Å². The molecule has 31 heavy (non-hydrogen) atoms. The van der Waals surface area contributed by atoms with Gasteiger partial charge in [-0.2, -0.15) is 0 Å². The zero-order valence-corrected chi connectivity index (χ0v) is 17.6. The Balaban J connectivity index is 1.46. The Labute approximate surface area is 181 Å². The van der Waals surface area contributed by atoms with Gasteiger partial charge in [-0.1, -0.05) is 13.8 Å². The molecule has 1 aliphatic heterocycles. The molecule has 0 spiro atoms. The van der Waals surface area contributed by atoms with Crippen molar-refractivity contribution in [2.75, 3.05) is 18.5 Å². The first kappa shape index (κ1) is 22.3. The number of carbonyl (C=O) groups is 3. The lowest BCUT2D eigenvalue weighted by atomic mass is 10.1. The number of anilines is 1. The van der Waals surface area contributed by atoms with Crippen LogP contribution in [0.5, 0.6) is 5.75 Å². The topological polar surface area (TPSA) is 106 Å². The summed E-state index contributed by atoms with van der Waals surface area (Å²) in [5.74, 6) is -0.500. The third-order valence-electron chi connectivity index (χ3n) is 4.80. The fourth-order valence-corrected chi connectivity index (χ4v) is 2.92. The monoisotopic (exact) mass is 425 g/mol. The fourth-order valence-electron chi connectivity index (χ4n) is 2.92. The molecule has 0 aromatic heterocycles. The molecule has 1 fully saturated rings. The van der Waals surface area contributed by atoms with Crippen LogP contribution in [0, 0.1) is 5.92 Å². The lowest BCUT2D eigenvalue weighted by molar-refractivity contribution is -0.118. The summed E-state index contributed by atoms with van der Waals surface area (Å²) in [6.45, 7) is 4.86. The van der Waals surface area contributed by atoms with E-state index in [0.29, 0.717) is 29.2 Å². The van der Waals surface area contributed by atoms with E-state index in [-0.39, 0.29) is 17.9 Å². The van der Waals surface area contributed by atoms with Crippen molar-refractivity contribution >= 4 is 23.4 Å². The largest absolute Gasteiger partial charge is 0.491 e. The maximum absolute atomic E-state index is 12.3. The zero-order chi connectivity index (χ0) is 22.2. The molecular weight excluding hydrogens is 398 g/mol. The van der Waals surface area contributed by atoms with E-state index in [0.717, 1.165) is 19.4 Å². The van der Waals surface area contributed by atoms with Crippen LogP contribution in [0.4, 0.5) is 5.69 Å². The van der Waals surface area contributed by atoms with Crippen LogP contribution in [0.3, 0.4) is 0 Å². The number of carbonyl (C=O) groups excluding carboxylic acids is 3. The first-order chi connectivity index (χ1) is 14.9. The van der Waals surface area contributed by atoms with Gasteiger partial charge in [-0.25, -0.2) is 0 Å². The van der Waals surface area contributed by atoms with E-state index in [1.807, 2.05) is 0 Å². The van der Waals surface area contributed by atoms with Crippen LogP contribution in [-0.4, -0.2) is 37.0 Å². The normalized spacial score (nSPS) is 15.4. The van der Waals surface area contributed by atoms with Crippen molar-refractivity contribution in [3.8, 4) is 5.75 Å². The lowest BCUT2D eigenvalue weighted by Gasteiger charge is -2.12. The summed E-state index contributed by atoms with van der Waals surface area (Å²) in [5.41, 5.74) is 6.10. The van der Waals surface area contributed by atoms with Crippen molar-refractivity contribution in [3.63, 3.8) is 0 Å². The quantitative estimate of drug-likeness (QED) is 0.592. The van der Waals surface area contributed by atoms with Crippen molar-refractivity contribution in [1.29, 1.82) is 0 Å². The second kappa shape index (κ2) is 10.6. The molecule has 2 aromatic rings. The van der Waals surface area contributed by atoms with E-state index < -0.39 is 11.8 Å². The van der Waals surface area contributed by atoms with E-state index in [2.05, 4.69) is 16.2 Å². The van der Waals surface area contributed by atoms with Gasteiger partial charge in [0.15, 0.2) is 0 Å². The Morgan fingerprint density at radius 3 is 2.06 bits per heavy atom. The van der Waals surface area contributed by atoms with Gasteiger partial charge in [-0.3, -0.25) is 25.2 Å². The highest BCUT2D eigenvalue weighted by Gasteiger charge is 2.16. The fraction of sp³-hybridized carbons (Fsp3) is 0.348. The van der Waals surface area contributed by atoms with Crippen molar-refractivity contribution in [3.05, 3.63) is 59.7 Å². The summed E-state index contributed by atoms with van der Waals surface area (Å²) in [7, 11) is 0. The van der Waals surface area contributed by atoms with Crippen LogP contribution >= 0.6 is 0 Å². The van der Waals surface area contributed by atoms with E-state index in [9.17, 15) is 14.4 Å². The van der Waals surface area contributed by atoms with Crippen LogP contribution in [0.2, 0.25) is 0 Å². The van der Waals surface area contributed by atoms with Crippen LogP contribution in [0.1, 0.15) is 47.4 Å². The smallest absolute Gasteiger partial charge is 0.269 e. The maximum Gasteiger partial charge on any atom is 0.269 e. The first-order valence-corrected chi connectivity index (χ1v) is 10.3. The van der Waals surface area contributed by atoms with Gasteiger partial charge in [-0.15, -0.1) is 0 Å². The summed E-state index contributed by atoms with van der Waals surface area (Å²) in [6.07, 6.45) is 2.17. The molecule has 3 amide bonds. The van der Waals surface area contributed by atoms with Crippen molar-refractivity contribution in [2.45, 2.75) is 32.8 Å². The number of ether oxygens (including phenoxy) is 2. The molecule has 3 N–H and O–H groups in total. The van der Waals surface area contributed by atoms with E-state index in [1.54, 1.807) is 62.4 Å². The van der Waals surface area contributed by atoms with Gasteiger partial charge in [0, 0.05) is 29.3 Å². The van der Waals surface area contributed by atoms with Crippen LogP contribution in [0.15, 0.2) is 48.5 Å². The Morgan fingerprint density at radius 1 is 0.968 bits per heavy atom. The molecule has 1 atom stereocenters. The van der Waals surface area contributed by atoms with Gasteiger partial charge < -0.3 is 14.8 Å². The molecule has 3 rings (SSSR count). The van der Waals surface area contributed by atoms with Crippen molar-refractivity contribution < 1.29 is 23.9 Å². The highest BCUT2D eigenvalue weighted by molar-refractivity contribution is 5.99. The summed E-state index contributed by atoms with van der Waals surface area (Å²) in [6, 6.07) is 13.1. The number of hydrogen-bond donors (Lipinski definition) is 3. The molecule has 1 saturated heterocycles. The summed E-state index contributed by atoms with van der Waals surface area (Å²) in [5, 5.41) is 2.75. The molecule has 8 nitrogen and oxygen atoms in total. The maximum atomic E-state index is 12.3. The number of hydrogen-bond acceptors (Lipinski definition) is 5. The number of rotatable bonds is 7. The number of nitrogens with one attached hydrogen (secondary N) is 3. The van der Waals surface area contributed by atoms with E-state index >= 15 is 0 Å². The molecule has 0 bridgehead atoms.